The molecule has 3 rings (SSSR count). The van der Waals surface area contributed by atoms with Crippen LogP contribution >= 0.6 is 22.9 Å². The van der Waals surface area contributed by atoms with Crippen LogP contribution in [-0.4, -0.2) is 24.0 Å². The van der Waals surface area contributed by atoms with Crippen molar-refractivity contribution >= 4 is 28.8 Å². The molecule has 1 fully saturated rings. The van der Waals surface area contributed by atoms with Gasteiger partial charge >= 0.3 is 0 Å². The monoisotopic (exact) mass is 346 g/mol. The van der Waals surface area contributed by atoms with E-state index in [-0.39, 0.29) is 18.6 Å². The Balaban J connectivity index is 1.64. The number of rotatable bonds is 4. The number of thiophene rings is 1. The van der Waals surface area contributed by atoms with Gasteiger partial charge in [-0.05, 0) is 42.5 Å². The maximum absolute atomic E-state index is 12.5. The van der Waals surface area contributed by atoms with Crippen molar-refractivity contribution in [2.24, 2.45) is 0 Å². The number of benzene rings is 1. The number of hydrogen-bond donors (Lipinski definition) is 0. The zero-order chi connectivity index (χ0) is 16.2. The molecule has 1 aliphatic rings. The summed E-state index contributed by atoms with van der Waals surface area (Å²) in [4.78, 5) is 15.6. The number of hydrogen-bond acceptors (Lipinski definition) is 4. The van der Waals surface area contributed by atoms with Crippen LogP contribution in [-0.2, 0) is 4.79 Å². The van der Waals surface area contributed by atoms with Gasteiger partial charge in [0.1, 0.15) is 5.75 Å². The highest BCUT2D eigenvalue weighted by molar-refractivity contribution is 7.10. The Morgan fingerprint density at radius 1 is 1.48 bits per heavy atom. The molecule has 6 heteroatoms. The Hall–Kier alpha value is -2.03. The number of likely N-dealkylation sites (tertiary alicyclic amines) is 1. The maximum Gasteiger partial charge on any atom is 0.261 e. The van der Waals surface area contributed by atoms with Gasteiger partial charge in [-0.1, -0.05) is 17.7 Å². The third kappa shape index (κ3) is 3.49. The summed E-state index contributed by atoms with van der Waals surface area (Å²) in [6.07, 6.45) is 2.00. The van der Waals surface area contributed by atoms with Gasteiger partial charge in [-0.15, -0.1) is 11.3 Å². The number of halogens is 1. The molecule has 23 heavy (non-hydrogen) atoms. The van der Waals surface area contributed by atoms with E-state index in [0.29, 0.717) is 16.3 Å². The molecule has 2 aromatic rings. The number of nitrogens with zero attached hydrogens (tertiary/aromatic N) is 2. The lowest BCUT2D eigenvalue weighted by molar-refractivity contribution is -0.134. The van der Waals surface area contributed by atoms with E-state index >= 15 is 0 Å². The van der Waals surface area contributed by atoms with Gasteiger partial charge in [0.15, 0.2) is 6.61 Å². The molecule has 2 heterocycles. The highest BCUT2D eigenvalue weighted by Gasteiger charge is 2.30. The number of nitriles is 1. The molecule has 1 amide bonds. The van der Waals surface area contributed by atoms with Gasteiger partial charge in [-0.3, -0.25) is 4.79 Å². The minimum atomic E-state index is -0.0481. The van der Waals surface area contributed by atoms with Crippen LogP contribution in [0.1, 0.15) is 29.3 Å². The molecule has 118 valence electrons. The van der Waals surface area contributed by atoms with Crippen molar-refractivity contribution in [2.75, 3.05) is 13.2 Å². The van der Waals surface area contributed by atoms with Crippen LogP contribution in [0, 0.1) is 11.3 Å². The third-order valence-electron chi connectivity index (χ3n) is 3.86. The lowest BCUT2D eigenvalue weighted by Gasteiger charge is -2.24. The first-order valence-electron chi connectivity index (χ1n) is 7.34. The fourth-order valence-electron chi connectivity index (χ4n) is 2.75. The van der Waals surface area contributed by atoms with E-state index in [4.69, 9.17) is 21.6 Å². The number of amides is 1. The summed E-state index contributed by atoms with van der Waals surface area (Å²) in [6, 6.07) is 11.0. The van der Waals surface area contributed by atoms with E-state index in [0.717, 1.165) is 19.4 Å². The van der Waals surface area contributed by atoms with E-state index < -0.39 is 0 Å². The molecule has 1 atom stereocenters. The summed E-state index contributed by atoms with van der Waals surface area (Å²) in [5, 5.41) is 11.2. The molecular weight excluding hydrogens is 332 g/mol. The van der Waals surface area contributed by atoms with Crippen LogP contribution in [0.4, 0.5) is 0 Å². The average molecular weight is 347 g/mol. The Kier molecular flexibility index (Phi) is 4.85. The normalized spacial score (nSPS) is 17.0. The van der Waals surface area contributed by atoms with E-state index in [1.165, 1.54) is 10.9 Å². The topological polar surface area (TPSA) is 53.3 Å². The molecule has 0 bridgehead atoms. The first-order valence-corrected chi connectivity index (χ1v) is 8.60. The summed E-state index contributed by atoms with van der Waals surface area (Å²) in [7, 11) is 0. The van der Waals surface area contributed by atoms with Gasteiger partial charge in [0, 0.05) is 11.4 Å². The van der Waals surface area contributed by atoms with Crippen molar-refractivity contribution in [1.82, 2.24) is 4.90 Å². The standard InChI is InChI=1S/C17H15ClN2O2S/c18-13-9-12(10-19)5-6-15(13)22-11-17(21)20-7-1-3-14(20)16-4-2-8-23-16/h2,4-6,8-9,14H,1,3,7,11H2. The molecular formula is C17H15ClN2O2S. The van der Waals surface area contributed by atoms with Crippen molar-refractivity contribution in [3.8, 4) is 11.8 Å². The molecule has 1 saturated heterocycles. The average Bonchev–Trinajstić information content (AvgIpc) is 3.23. The van der Waals surface area contributed by atoms with E-state index in [2.05, 4.69) is 6.07 Å². The van der Waals surface area contributed by atoms with Crippen LogP contribution in [0.15, 0.2) is 35.7 Å². The van der Waals surface area contributed by atoms with E-state index in [9.17, 15) is 4.79 Å². The first kappa shape index (κ1) is 15.9. The van der Waals surface area contributed by atoms with E-state index in [1.54, 1.807) is 23.5 Å². The lowest BCUT2D eigenvalue weighted by Crippen LogP contribution is -2.34. The van der Waals surface area contributed by atoms with Crippen LogP contribution < -0.4 is 4.74 Å². The Bertz CT molecular complexity index is 740. The van der Waals surface area contributed by atoms with Crippen molar-refractivity contribution in [2.45, 2.75) is 18.9 Å². The highest BCUT2D eigenvalue weighted by Crippen LogP contribution is 2.34. The summed E-state index contributed by atoms with van der Waals surface area (Å²) in [5.41, 5.74) is 0.464. The molecule has 1 aromatic carbocycles. The molecule has 1 unspecified atom stereocenters. The second-order valence-corrected chi connectivity index (χ2v) is 6.69. The van der Waals surface area contributed by atoms with Gasteiger partial charge in [-0.25, -0.2) is 0 Å². The number of carbonyl (C=O) groups excluding carboxylic acids is 1. The quantitative estimate of drug-likeness (QED) is 0.840. The predicted octanol–water partition coefficient (Wildman–Crippen LogP) is 4.02. The minimum absolute atomic E-state index is 0.0404. The lowest BCUT2D eigenvalue weighted by atomic mass is 10.2. The van der Waals surface area contributed by atoms with Crippen molar-refractivity contribution in [3.05, 3.63) is 51.2 Å². The van der Waals surface area contributed by atoms with Crippen molar-refractivity contribution < 1.29 is 9.53 Å². The molecule has 0 N–H and O–H groups in total. The molecule has 1 aromatic heterocycles. The predicted molar refractivity (Wildman–Crippen MR) is 89.7 cm³/mol. The van der Waals surface area contributed by atoms with Gasteiger partial charge in [0.2, 0.25) is 0 Å². The summed E-state index contributed by atoms with van der Waals surface area (Å²) < 4.78 is 5.55. The van der Waals surface area contributed by atoms with Crippen LogP contribution in [0.3, 0.4) is 0 Å². The molecule has 4 nitrogen and oxygen atoms in total. The van der Waals surface area contributed by atoms with E-state index in [1.807, 2.05) is 22.4 Å². The van der Waals surface area contributed by atoms with Crippen LogP contribution in [0.5, 0.6) is 5.75 Å². The maximum atomic E-state index is 12.5. The summed E-state index contributed by atoms with van der Waals surface area (Å²) in [5.74, 6) is 0.382. The number of ether oxygens (including phenoxy) is 1. The van der Waals surface area contributed by atoms with Crippen molar-refractivity contribution in [3.63, 3.8) is 0 Å². The molecule has 0 radical (unpaired) electrons. The van der Waals surface area contributed by atoms with Crippen LogP contribution in [0.25, 0.3) is 0 Å². The minimum Gasteiger partial charge on any atom is -0.482 e. The molecule has 0 spiro atoms. The molecule has 0 saturated carbocycles. The summed E-state index contributed by atoms with van der Waals surface area (Å²) in [6.45, 7) is 0.708. The molecule has 0 aliphatic carbocycles. The van der Waals surface area contributed by atoms with Gasteiger partial charge in [0.25, 0.3) is 5.91 Å². The largest absolute Gasteiger partial charge is 0.482 e. The van der Waals surface area contributed by atoms with Gasteiger partial charge in [-0.2, -0.15) is 5.26 Å². The fraction of sp³-hybridized carbons (Fsp3) is 0.294. The smallest absolute Gasteiger partial charge is 0.261 e. The van der Waals surface area contributed by atoms with Gasteiger partial charge < -0.3 is 9.64 Å². The third-order valence-corrected chi connectivity index (χ3v) is 5.13. The van der Waals surface area contributed by atoms with Crippen molar-refractivity contribution in [1.29, 1.82) is 5.26 Å². The Labute approximate surface area is 143 Å². The second kappa shape index (κ2) is 7.03. The number of carbonyl (C=O) groups is 1. The fourth-order valence-corrected chi connectivity index (χ4v) is 3.86. The Morgan fingerprint density at radius 2 is 2.35 bits per heavy atom. The van der Waals surface area contributed by atoms with Crippen LogP contribution in [0.2, 0.25) is 5.02 Å². The first-order chi connectivity index (χ1) is 11.2. The zero-order valence-electron chi connectivity index (χ0n) is 12.4. The molecule has 1 aliphatic heterocycles. The zero-order valence-corrected chi connectivity index (χ0v) is 13.9. The van der Waals surface area contributed by atoms with Gasteiger partial charge in [0.05, 0.1) is 22.7 Å². The SMILES string of the molecule is N#Cc1ccc(OCC(=O)N2CCCC2c2cccs2)c(Cl)c1. The highest BCUT2D eigenvalue weighted by atomic mass is 35.5. The second-order valence-electron chi connectivity index (χ2n) is 5.31. The summed E-state index contributed by atoms with van der Waals surface area (Å²) >= 11 is 7.74. The Morgan fingerprint density at radius 3 is 3.04 bits per heavy atom.